The number of rotatable bonds is 2. The van der Waals surface area contributed by atoms with Gasteiger partial charge in [-0.15, -0.1) is 0 Å². The van der Waals surface area contributed by atoms with Crippen molar-refractivity contribution in [2.75, 3.05) is 5.73 Å². The molecule has 7 nitrogen and oxygen atoms in total. The number of aromatic amines is 2. The van der Waals surface area contributed by atoms with Crippen LogP contribution in [0.1, 0.15) is 26.5 Å². The van der Waals surface area contributed by atoms with Gasteiger partial charge in [-0.25, -0.2) is 4.98 Å². The minimum atomic E-state index is -0.00884. The Morgan fingerprint density at radius 1 is 1.16 bits per heavy atom. The van der Waals surface area contributed by atoms with Gasteiger partial charge in [-0.1, -0.05) is 32.9 Å². The quantitative estimate of drug-likeness (QED) is 0.523. The normalized spacial score (nSPS) is 12.2. The number of H-pyrrole nitrogens is 2. The zero-order valence-corrected chi connectivity index (χ0v) is 14.8. The van der Waals surface area contributed by atoms with Gasteiger partial charge < -0.3 is 10.7 Å². The van der Waals surface area contributed by atoms with Crippen molar-refractivity contribution in [2.24, 2.45) is 7.05 Å². The lowest BCUT2D eigenvalue weighted by Gasteiger charge is -2.17. The number of anilines is 1. The van der Waals surface area contributed by atoms with Crippen LogP contribution in [0.15, 0.2) is 30.3 Å². The van der Waals surface area contributed by atoms with Crippen molar-refractivity contribution in [3.8, 4) is 22.8 Å². The van der Waals surface area contributed by atoms with Gasteiger partial charge in [0.1, 0.15) is 11.5 Å². The zero-order chi connectivity index (χ0) is 17.8. The Kier molecular flexibility index (Phi) is 3.21. The minimum absolute atomic E-state index is 0.00884. The molecular formula is C18H21N7. The van der Waals surface area contributed by atoms with E-state index in [2.05, 4.69) is 52.1 Å². The molecule has 0 atom stereocenters. The molecule has 0 spiro atoms. The van der Waals surface area contributed by atoms with Gasteiger partial charge in [-0.3, -0.25) is 9.78 Å². The van der Waals surface area contributed by atoms with E-state index in [1.165, 1.54) is 0 Å². The summed E-state index contributed by atoms with van der Waals surface area (Å²) in [7, 11) is 1.95. The molecule has 0 aliphatic carbocycles. The number of aryl methyl sites for hydroxylation is 1. The van der Waals surface area contributed by atoms with Gasteiger partial charge in [-0.2, -0.15) is 10.2 Å². The molecule has 0 fully saturated rings. The summed E-state index contributed by atoms with van der Waals surface area (Å²) in [6.07, 6.45) is 0. The van der Waals surface area contributed by atoms with E-state index in [0.29, 0.717) is 11.6 Å². The highest BCUT2D eigenvalue weighted by atomic mass is 15.3. The third-order valence-electron chi connectivity index (χ3n) is 4.32. The molecule has 3 aromatic heterocycles. The highest BCUT2D eigenvalue weighted by molar-refractivity contribution is 5.88. The highest BCUT2D eigenvalue weighted by Crippen LogP contribution is 2.35. The van der Waals surface area contributed by atoms with Gasteiger partial charge in [0.15, 0.2) is 5.82 Å². The molecule has 4 rings (SSSR count). The number of benzene rings is 1. The topological polar surface area (TPSA) is 101 Å². The van der Waals surface area contributed by atoms with Gasteiger partial charge in [-0.05, 0) is 18.2 Å². The van der Waals surface area contributed by atoms with Crippen LogP contribution in [0.2, 0.25) is 0 Å². The molecule has 3 heterocycles. The van der Waals surface area contributed by atoms with Crippen molar-refractivity contribution in [1.29, 1.82) is 0 Å². The van der Waals surface area contributed by atoms with E-state index in [1.54, 1.807) is 0 Å². The number of nitrogens with two attached hydrogens (primary N) is 1. The molecule has 1 aromatic carbocycles. The van der Waals surface area contributed by atoms with Crippen LogP contribution >= 0.6 is 0 Å². The fourth-order valence-corrected chi connectivity index (χ4v) is 3.14. The van der Waals surface area contributed by atoms with Crippen LogP contribution in [0.5, 0.6) is 0 Å². The lowest BCUT2D eigenvalue weighted by molar-refractivity contribution is 0.523. The van der Waals surface area contributed by atoms with E-state index in [9.17, 15) is 0 Å². The summed E-state index contributed by atoms with van der Waals surface area (Å²) in [6, 6.07) is 9.95. The van der Waals surface area contributed by atoms with Crippen LogP contribution in [-0.4, -0.2) is 29.9 Å². The summed E-state index contributed by atoms with van der Waals surface area (Å²) in [5, 5.41) is 11.8. The lowest BCUT2D eigenvalue weighted by atomic mass is 9.91. The second kappa shape index (κ2) is 5.20. The fraction of sp³-hybridized carbons (Fsp3) is 0.278. The lowest BCUT2D eigenvalue weighted by Crippen LogP contribution is -2.16. The van der Waals surface area contributed by atoms with Crippen LogP contribution in [0.3, 0.4) is 0 Å². The van der Waals surface area contributed by atoms with E-state index in [0.717, 1.165) is 33.7 Å². The first-order chi connectivity index (χ1) is 11.8. The van der Waals surface area contributed by atoms with Gasteiger partial charge in [0, 0.05) is 18.2 Å². The van der Waals surface area contributed by atoms with Crippen molar-refractivity contribution >= 4 is 16.9 Å². The van der Waals surface area contributed by atoms with Gasteiger partial charge in [0.05, 0.1) is 22.3 Å². The predicted molar refractivity (Wildman–Crippen MR) is 99.0 cm³/mol. The first-order valence-corrected chi connectivity index (χ1v) is 8.18. The van der Waals surface area contributed by atoms with Crippen molar-refractivity contribution in [2.45, 2.75) is 26.2 Å². The molecule has 0 bridgehead atoms. The zero-order valence-electron chi connectivity index (χ0n) is 14.8. The minimum Gasteiger partial charge on any atom is -0.382 e. The van der Waals surface area contributed by atoms with Crippen LogP contribution in [0.4, 0.5) is 5.82 Å². The van der Waals surface area contributed by atoms with Crippen LogP contribution in [0, 0.1) is 0 Å². The molecule has 0 unspecified atom stereocenters. The maximum absolute atomic E-state index is 6.13. The number of para-hydroxylation sites is 2. The van der Waals surface area contributed by atoms with Crippen molar-refractivity contribution in [3.05, 3.63) is 36.0 Å². The molecule has 128 valence electrons. The van der Waals surface area contributed by atoms with Gasteiger partial charge in [0.25, 0.3) is 0 Å². The summed E-state index contributed by atoms with van der Waals surface area (Å²) >= 11 is 0. The van der Waals surface area contributed by atoms with E-state index >= 15 is 0 Å². The Labute approximate surface area is 145 Å². The maximum atomic E-state index is 6.13. The monoisotopic (exact) mass is 335 g/mol. The smallest absolute Gasteiger partial charge is 0.156 e. The van der Waals surface area contributed by atoms with E-state index < -0.39 is 0 Å². The Morgan fingerprint density at radius 2 is 1.92 bits per heavy atom. The molecular weight excluding hydrogens is 314 g/mol. The van der Waals surface area contributed by atoms with Crippen LogP contribution in [0.25, 0.3) is 33.8 Å². The molecule has 0 saturated carbocycles. The maximum Gasteiger partial charge on any atom is 0.156 e. The average Bonchev–Trinajstić information content (AvgIpc) is 3.21. The Balaban J connectivity index is 1.88. The standard InChI is InChI=1S/C18H21N7/c1-18(2,3)13-9-12(24-25(13)4)15-14(16(19)23-22-15)17-20-10-7-5-6-8-11(10)21-17/h5-9H,1-4H3,(H,20,21)(H3,19,22,23). The summed E-state index contributed by atoms with van der Waals surface area (Å²) in [6.45, 7) is 6.49. The molecule has 4 N–H and O–H groups in total. The van der Waals surface area contributed by atoms with Crippen molar-refractivity contribution in [1.82, 2.24) is 29.9 Å². The van der Waals surface area contributed by atoms with Crippen LogP contribution in [-0.2, 0) is 12.5 Å². The number of nitrogens with zero attached hydrogens (tertiary/aromatic N) is 4. The number of imidazole rings is 1. The van der Waals surface area contributed by atoms with E-state index in [1.807, 2.05) is 36.0 Å². The Hall–Kier alpha value is -3.09. The van der Waals surface area contributed by atoms with Crippen LogP contribution < -0.4 is 5.73 Å². The number of fused-ring (bicyclic) bond motifs is 1. The Morgan fingerprint density at radius 3 is 2.60 bits per heavy atom. The number of hydrogen-bond acceptors (Lipinski definition) is 4. The van der Waals surface area contributed by atoms with Crippen molar-refractivity contribution in [3.63, 3.8) is 0 Å². The molecule has 0 aliphatic heterocycles. The average molecular weight is 335 g/mol. The Bertz CT molecular complexity index is 1030. The molecule has 7 heteroatoms. The largest absolute Gasteiger partial charge is 0.382 e. The molecule has 25 heavy (non-hydrogen) atoms. The third-order valence-corrected chi connectivity index (χ3v) is 4.32. The SMILES string of the molecule is Cn1nc(-c2[nH]nc(N)c2-c2nc3ccccc3[nH]2)cc1C(C)(C)C. The number of hydrogen-bond donors (Lipinski definition) is 3. The second-order valence-corrected chi connectivity index (χ2v) is 7.25. The predicted octanol–water partition coefficient (Wildman–Crippen LogP) is 3.23. The molecule has 0 amide bonds. The van der Waals surface area contributed by atoms with Gasteiger partial charge >= 0.3 is 0 Å². The van der Waals surface area contributed by atoms with Gasteiger partial charge in [0.2, 0.25) is 0 Å². The summed E-state index contributed by atoms with van der Waals surface area (Å²) in [5.74, 6) is 1.09. The molecule has 0 saturated heterocycles. The highest BCUT2D eigenvalue weighted by Gasteiger charge is 2.24. The molecule has 0 aliphatic rings. The fourth-order valence-electron chi connectivity index (χ4n) is 3.14. The van der Waals surface area contributed by atoms with E-state index in [-0.39, 0.29) is 5.41 Å². The first kappa shape index (κ1) is 15.4. The third kappa shape index (κ3) is 2.48. The molecule has 0 radical (unpaired) electrons. The number of nitrogens with one attached hydrogen (secondary N) is 2. The number of aromatic nitrogens is 6. The summed E-state index contributed by atoms with van der Waals surface area (Å²) in [4.78, 5) is 7.96. The molecule has 4 aromatic rings. The summed E-state index contributed by atoms with van der Waals surface area (Å²) in [5.41, 5.74) is 11.4. The van der Waals surface area contributed by atoms with Crippen molar-refractivity contribution < 1.29 is 0 Å². The van der Waals surface area contributed by atoms with E-state index in [4.69, 9.17) is 5.73 Å². The summed E-state index contributed by atoms with van der Waals surface area (Å²) < 4.78 is 1.90. The first-order valence-electron chi connectivity index (χ1n) is 8.18. The number of nitrogen functional groups attached to an aromatic ring is 1. The second-order valence-electron chi connectivity index (χ2n) is 7.25.